The molecule has 8 rings (SSSR count). The third kappa shape index (κ3) is 11.0. The number of aromatic nitrogens is 1. The molecular formula is C54H57N5O8. The Hall–Kier alpha value is -6.90. The predicted molar refractivity (Wildman–Crippen MR) is 257 cm³/mol. The van der Waals surface area contributed by atoms with Gasteiger partial charge in [-0.2, -0.15) is 0 Å². The molecule has 3 atom stereocenters. The highest BCUT2D eigenvalue weighted by atomic mass is 16.5. The lowest BCUT2D eigenvalue weighted by molar-refractivity contribution is -0.164. The lowest BCUT2D eigenvalue weighted by Crippen LogP contribution is -2.48. The molecule has 2 aliphatic rings. The number of rotatable bonds is 16. The molecule has 67 heavy (non-hydrogen) atoms. The van der Waals surface area contributed by atoms with Crippen molar-refractivity contribution in [3.05, 3.63) is 189 Å². The number of benzene rings is 5. The summed E-state index contributed by atoms with van der Waals surface area (Å²) in [5, 5.41) is 40.0. The number of H-pyrrole nitrogens is 1. The number of esters is 1. The number of piperidine rings is 1. The van der Waals surface area contributed by atoms with Gasteiger partial charge in [0.15, 0.2) is 0 Å². The van der Waals surface area contributed by atoms with Gasteiger partial charge < -0.3 is 40.6 Å². The molecule has 1 unspecified atom stereocenters. The summed E-state index contributed by atoms with van der Waals surface area (Å²) in [5.41, 5.74) is 3.62. The van der Waals surface area contributed by atoms with E-state index < -0.39 is 23.7 Å². The minimum Gasteiger partial charge on any atom is -0.506 e. The summed E-state index contributed by atoms with van der Waals surface area (Å²) in [6, 6.07) is 38.8. The number of phenolic OH excluding ortho intramolecular Hbond substituents is 1. The number of likely N-dealkylation sites (tertiary alicyclic amines) is 1. The van der Waals surface area contributed by atoms with Crippen molar-refractivity contribution in [1.29, 1.82) is 0 Å². The molecule has 0 aliphatic carbocycles. The molecule has 5 aromatic carbocycles. The van der Waals surface area contributed by atoms with Gasteiger partial charge in [-0.1, -0.05) is 103 Å². The highest BCUT2D eigenvalue weighted by Gasteiger charge is 2.42. The molecule has 1 saturated heterocycles. The Morgan fingerprint density at radius 3 is 2.27 bits per heavy atom. The van der Waals surface area contributed by atoms with Gasteiger partial charge in [-0.15, -0.1) is 0 Å². The summed E-state index contributed by atoms with van der Waals surface area (Å²) < 4.78 is 5.95. The number of pyridine rings is 1. The van der Waals surface area contributed by atoms with Crippen molar-refractivity contribution in [1.82, 2.24) is 25.4 Å². The molecule has 13 nitrogen and oxygen atoms in total. The number of carbonyl (C=O) groups excluding carboxylic acids is 3. The molecule has 0 radical (unpaired) electrons. The van der Waals surface area contributed by atoms with E-state index in [1.165, 1.54) is 17.7 Å². The quantitative estimate of drug-likeness (QED) is 0.0614. The first-order chi connectivity index (χ1) is 32.5. The van der Waals surface area contributed by atoms with Gasteiger partial charge in [0.1, 0.15) is 11.8 Å². The van der Waals surface area contributed by atoms with Crippen LogP contribution in [0.3, 0.4) is 0 Å². The molecule has 6 aromatic rings. The van der Waals surface area contributed by atoms with Crippen LogP contribution in [0.1, 0.15) is 76.0 Å². The standard InChI is InChI=1S/C54H57N5O8/c1-36(56-51(63)41-17-15-37(16-18-41)32-55-33-48(61)45-19-21-47(60)50-46(45)20-22-49(62)57-50)52(64)59-29-25-40(26-30-59)42-11-8-14-44(31-42)54(66,43-12-6-3-7-13-43)53(65)67-35-39-23-27-58(28-24-39)34-38-9-4-2-5-10-38/h2-22,25,31,36,39,48,55,60-61,66H,23-24,26-30,32-35H2,1H3,(H,56,63)(H,57,62)/t36-,48+,54?/m1/s1. The molecule has 3 heterocycles. The average molecular weight is 904 g/mol. The summed E-state index contributed by atoms with van der Waals surface area (Å²) in [5.74, 6) is -1.19. The zero-order valence-corrected chi connectivity index (χ0v) is 37.6. The van der Waals surface area contributed by atoms with Gasteiger partial charge in [0, 0.05) is 55.3 Å². The minimum absolute atomic E-state index is 0.0783. The molecular weight excluding hydrogens is 847 g/mol. The highest BCUT2D eigenvalue weighted by molar-refractivity contribution is 5.97. The summed E-state index contributed by atoms with van der Waals surface area (Å²) >= 11 is 0. The number of aliphatic hydroxyl groups excluding tert-OH is 1. The van der Waals surface area contributed by atoms with Crippen LogP contribution < -0.4 is 16.2 Å². The number of fused-ring (bicyclic) bond motifs is 1. The van der Waals surface area contributed by atoms with E-state index in [9.17, 15) is 34.5 Å². The summed E-state index contributed by atoms with van der Waals surface area (Å²) in [7, 11) is 0. The van der Waals surface area contributed by atoms with Crippen molar-refractivity contribution >= 4 is 34.3 Å². The Morgan fingerprint density at radius 1 is 0.836 bits per heavy atom. The molecule has 1 fully saturated rings. The molecule has 13 heteroatoms. The Bertz CT molecular complexity index is 2770. The Kier molecular flexibility index (Phi) is 14.7. The van der Waals surface area contributed by atoms with Crippen LogP contribution in [-0.2, 0) is 33.0 Å². The maximum absolute atomic E-state index is 14.0. The van der Waals surface area contributed by atoms with Crippen molar-refractivity contribution in [3.8, 4) is 5.75 Å². The lowest BCUT2D eigenvalue weighted by atomic mass is 9.84. The molecule has 0 bridgehead atoms. The molecule has 346 valence electrons. The number of hydrogen-bond acceptors (Lipinski definition) is 10. The minimum atomic E-state index is -2.03. The van der Waals surface area contributed by atoms with Crippen LogP contribution in [0.4, 0.5) is 0 Å². The van der Waals surface area contributed by atoms with E-state index in [0.717, 1.165) is 49.2 Å². The maximum Gasteiger partial charge on any atom is 0.347 e. The topological polar surface area (TPSA) is 185 Å². The van der Waals surface area contributed by atoms with Crippen LogP contribution in [0, 0.1) is 5.92 Å². The average Bonchev–Trinajstić information content (AvgIpc) is 3.36. The molecule has 6 N–H and O–H groups in total. The molecule has 0 spiro atoms. The number of phenols is 1. The van der Waals surface area contributed by atoms with E-state index in [4.69, 9.17) is 4.74 Å². The van der Waals surface area contributed by atoms with E-state index in [1.807, 2.05) is 36.4 Å². The van der Waals surface area contributed by atoms with Gasteiger partial charge in [-0.3, -0.25) is 19.3 Å². The smallest absolute Gasteiger partial charge is 0.347 e. The lowest BCUT2D eigenvalue weighted by Gasteiger charge is -2.33. The van der Waals surface area contributed by atoms with Gasteiger partial charge in [0.2, 0.25) is 17.1 Å². The van der Waals surface area contributed by atoms with E-state index in [0.29, 0.717) is 53.7 Å². The van der Waals surface area contributed by atoms with E-state index in [-0.39, 0.29) is 47.7 Å². The number of nitrogens with one attached hydrogen (secondary N) is 3. The number of nitrogens with zero attached hydrogens (tertiary/aromatic N) is 2. The monoisotopic (exact) mass is 903 g/mol. The number of ether oxygens (including phenoxy) is 1. The Morgan fingerprint density at radius 2 is 1.55 bits per heavy atom. The van der Waals surface area contributed by atoms with E-state index in [1.54, 1.807) is 78.6 Å². The third-order valence-corrected chi connectivity index (χ3v) is 12.9. The van der Waals surface area contributed by atoms with Gasteiger partial charge in [0.25, 0.3) is 5.91 Å². The fraction of sp³-hybridized carbons (Fsp3) is 0.296. The third-order valence-electron chi connectivity index (χ3n) is 12.9. The Balaban J connectivity index is 0.830. The number of aromatic hydroxyl groups is 1. The van der Waals surface area contributed by atoms with Crippen molar-refractivity contribution in [2.75, 3.05) is 39.3 Å². The maximum atomic E-state index is 14.0. The van der Waals surface area contributed by atoms with Crippen LogP contribution in [-0.4, -0.2) is 93.3 Å². The Labute approximate surface area is 389 Å². The number of carbonyl (C=O) groups is 3. The largest absolute Gasteiger partial charge is 0.506 e. The number of amides is 2. The number of hydrogen-bond donors (Lipinski definition) is 6. The molecule has 1 aromatic heterocycles. The van der Waals surface area contributed by atoms with E-state index >= 15 is 0 Å². The van der Waals surface area contributed by atoms with Gasteiger partial charge in [-0.25, -0.2) is 4.79 Å². The fourth-order valence-corrected chi connectivity index (χ4v) is 9.01. The van der Waals surface area contributed by atoms with Crippen LogP contribution in [0.5, 0.6) is 5.75 Å². The second-order valence-corrected chi connectivity index (χ2v) is 17.5. The first-order valence-corrected chi connectivity index (χ1v) is 22.9. The van der Waals surface area contributed by atoms with Crippen molar-refractivity contribution in [2.45, 2.75) is 57.0 Å². The summed E-state index contributed by atoms with van der Waals surface area (Å²) in [6.07, 6.45) is 3.39. The predicted octanol–water partition coefficient (Wildman–Crippen LogP) is 6.18. The normalized spacial score (nSPS) is 16.4. The first-order valence-electron chi connectivity index (χ1n) is 22.9. The van der Waals surface area contributed by atoms with Crippen LogP contribution in [0.25, 0.3) is 16.5 Å². The van der Waals surface area contributed by atoms with Crippen LogP contribution in [0.15, 0.2) is 144 Å². The highest BCUT2D eigenvalue weighted by Crippen LogP contribution is 2.35. The van der Waals surface area contributed by atoms with Crippen molar-refractivity contribution in [3.63, 3.8) is 0 Å². The van der Waals surface area contributed by atoms with Gasteiger partial charge in [-0.05, 0) is 109 Å². The van der Waals surface area contributed by atoms with Crippen LogP contribution >= 0.6 is 0 Å². The fourth-order valence-electron chi connectivity index (χ4n) is 9.01. The zero-order valence-electron chi connectivity index (χ0n) is 37.6. The second kappa shape index (κ2) is 21.2. The van der Waals surface area contributed by atoms with Gasteiger partial charge >= 0.3 is 5.97 Å². The van der Waals surface area contributed by atoms with Crippen molar-refractivity contribution < 1.29 is 34.4 Å². The number of aromatic amines is 1. The van der Waals surface area contributed by atoms with E-state index in [2.05, 4.69) is 44.8 Å². The summed E-state index contributed by atoms with van der Waals surface area (Å²) in [4.78, 5) is 59.3. The number of aliphatic hydroxyl groups is 2. The molecule has 0 saturated carbocycles. The zero-order chi connectivity index (χ0) is 46.9. The summed E-state index contributed by atoms with van der Waals surface area (Å²) in [6.45, 7) is 5.96. The molecule has 2 aliphatic heterocycles. The molecule has 2 amide bonds. The van der Waals surface area contributed by atoms with Crippen molar-refractivity contribution in [2.24, 2.45) is 5.92 Å². The first kappa shape index (κ1) is 46.6. The second-order valence-electron chi connectivity index (χ2n) is 17.5. The van der Waals surface area contributed by atoms with Crippen LogP contribution in [0.2, 0.25) is 0 Å². The van der Waals surface area contributed by atoms with Gasteiger partial charge in [0.05, 0.1) is 18.2 Å². The SMILES string of the molecule is C[C@@H](NC(=O)c1ccc(CNC[C@H](O)c2ccc(O)c3[nH]c(=O)ccc23)cc1)C(=O)N1CC=C(c2cccc(C(O)(C(=O)OCC3CCN(Cc4ccccc4)CC3)c3ccccc3)c2)CC1.